The van der Waals surface area contributed by atoms with E-state index >= 15 is 0 Å². The minimum Gasteiger partial charge on any atom is -0.339 e. The SMILES string of the molecule is O=C(c1csc(S(=O)(=O)NCc2ccccc2Cl)c1)N1CCCC1. The Kier molecular flexibility index (Phi) is 5.24. The third-order valence-electron chi connectivity index (χ3n) is 3.89. The van der Waals surface area contributed by atoms with E-state index in [1.807, 2.05) is 0 Å². The van der Waals surface area contributed by atoms with Gasteiger partial charge in [-0.1, -0.05) is 29.8 Å². The Morgan fingerprint density at radius 3 is 2.67 bits per heavy atom. The highest BCUT2D eigenvalue weighted by Gasteiger charge is 2.23. The molecule has 1 aromatic heterocycles. The van der Waals surface area contributed by atoms with Crippen LogP contribution in [0.5, 0.6) is 0 Å². The van der Waals surface area contributed by atoms with Crippen LogP contribution in [0.4, 0.5) is 0 Å². The van der Waals surface area contributed by atoms with Gasteiger partial charge in [0.2, 0.25) is 10.0 Å². The fourth-order valence-corrected chi connectivity index (χ4v) is 4.97. The molecular weight excluding hydrogens is 368 g/mol. The summed E-state index contributed by atoms with van der Waals surface area (Å²) in [6.45, 7) is 1.58. The number of likely N-dealkylation sites (tertiary alicyclic amines) is 1. The number of hydrogen-bond donors (Lipinski definition) is 1. The average Bonchev–Trinajstić information content (AvgIpc) is 3.25. The molecule has 8 heteroatoms. The molecule has 0 saturated carbocycles. The van der Waals surface area contributed by atoms with Crippen LogP contribution < -0.4 is 4.72 Å². The maximum Gasteiger partial charge on any atom is 0.254 e. The molecule has 1 amide bonds. The summed E-state index contributed by atoms with van der Waals surface area (Å²) in [5.41, 5.74) is 1.13. The molecule has 3 rings (SSSR count). The summed E-state index contributed by atoms with van der Waals surface area (Å²) in [4.78, 5) is 14.1. The van der Waals surface area contributed by atoms with Crippen LogP contribution in [0.2, 0.25) is 5.02 Å². The highest BCUT2D eigenvalue weighted by atomic mass is 35.5. The van der Waals surface area contributed by atoms with E-state index < -0.39 is 10.0 Å². The lowest BCUT2D eigenvalue weighted by Crippen LogP contribution is -2.27. The molecule has 128 valence electrons. The third kappa shape index (κ3) is 3.80. The molecule has 1 aliphatic heterocycles. The topological polar surface area (TPSA) is 66.5 Å². The third-order valence-corrected chi connectivity index (χ3v) is 7.10. The molecule has 1 aromatic carbocycles. The van der Waals surface area contributed by atoms with Crippen LogP contribution in [-0.2, 0) is 16.6 Å². The zero-order valence-electron chi connectivity index (χ0n) is 12.9. The van der Waals surface area contributed by atoms with Gasteiger partial charge in [-0.05, 0) is 30.5 Å². The van der Waals surface area contributed by atoms with Crippen molar-refractivity contribution in [3.05, 3.63) is 51.9 Å². The van der Waals surface area contributed by atoms with Crippen molar-refractivity contribution in [3.63, 3.8) is 0 Å². The second-order valence-corrected chi connectivity index (χ2v) is 8.88. The second kappa shape index (κ2) is 7.23. The van der Waals surface area contributed by atoms with Gasteiger partial charge in [0.15, 0.2) is 0 Å². The Morgan fingerprint density at radius 1 is 1.25 bits per heavy atom. The van der Waals surface area contributed by atoms with Gasteiger partial charge in [-0.25, -0.2) is 13.1 Å². The standard InChI is InChI=1S/C16H17ClN2O3S2/c17-14-6-2-1-5-12(14)10-18-24(21,22)15-9-13(11-23-15)16(20)19-7-3-4-8-19/h1-2,5-6,9,11,18H,3-4,7-8,10H2. The Morgan fingerprint density at radius 2 is 1.96 bits per heavy atom. The van der Waals surface area contributed by atoms with Gasteiger partial charge in [-0.3, -0.25) is 4.79 Å². The fourth-order valence-electron chi connectivity index (χ4n) is 2.56. The van der Waals surface area contributed by atoms with Crippen LogP contribution in [0.25, 0.3) is 0 Å². The number of hydrogen-bond acceptors (Lipinski definition) is 4. The smallest absolute Gasteiger partial charge is 0.254 e. The summed E-state index contributed by atoms with van der Waals surface area (Å²) in [5.74, 6) is -0.101. The van der Waals surface area contributed by atoms with Crippen molar-refractivity contribution in [2.24, 2.45) is 0 Å². The summed E-state index contributed by atoms with van der Waals surface area (Å²) in [7, 11) is -3.67. The number of thiophene rings is 1. The van der Waals surface area contributed by atoms with Crippen LogP contribution in [0, 0.1) is 0 Å². The lowest BCUT2D eigenvalue weighted by atomic mass is 10.2. The van der Waals surface area contributed by atoms with Gasteiger partial charge in [0.25, 0.3) is 5.91 Å². The number of halogens is 1. The highest BCUT2D eigenvalue weighted by Crippen LogP contribution is 2.23. The summed E-state index contributed by atoms with van der Waals surface area (Å²) in [6, 6.07) is 8.51. The quantitative estimate of drug-likeness (QED) is 0.861. The first kappa shape index (κ1) is 17.4. The van der Waals surface area contributed by atoms with Crippen molar-refractivity contribution in [3.8, 4) is 0 Å². The summed E-state index contributed by atoms with van der Waals surface area (Å²) >= 11 is 7.09. The first-order chi connectivity index (χ1) is 11.5. The molecule has 2 heterocycles. The number of carbonyl (C=O) groups excluding carboxylic acids is 1. The molecule has 2 aromatic rings. The molecule has 24 heavy (non-hydrogen) atoms. The second-order valence-electron chi connectivity index (χ2n) is 5.57. The lowest BCUT2D eigenvalue weighted by molar-refractivity contribution is 0.0793. The van der Waals surface area contributed by atoms with Crippen molar-refractivity contribution >= 4 is 38.9 Å². The van der Waals surface area contributed by atoms with Gasteiger partial charge in [0.05, 0.1) is 5.56 Å². The Balaban J connectivity index is 1.71. The van der Waals surface area contributed by atoms with Crippen LogP contribution in [0.3, 0.4) is 0 Å². The summed E-state index contributed by atoms with van der Waals surface area (Å²) in [6.07, 6.45) is 2.00. The van der Waals surface area contributed by atoms with E-state index in [1.165, 1.54) is 6.07 Å². The lowest BCUT2D eigenvalue weighted by Gasteiger charge is -2.13. The highest BCUT2D eigenvalue weighted by molar-refractivity contribution is 7.91. The summed E-state index contributed by atoms with van der Waals surface area (Å²) in [5, 5.41) is 2.11. The van der Waals surface area contributed by atoms with Gasteiger partial charge in [-0.15, -0.1) is 11.3 Å². The zero-order valence-corrected chi connectivity index (χ0v) is 15.3. The number of benzene rings is 1. The molecule has 5 nitrogen and oxygen atoms in total. The van der Waals surface area contributed by atoms with Crippen LogP contribution in [0.15, 0.2) is 39.9 Å². The maximum atomic E-state index is 12.4. The van der Waals surface area contributed by atoms with E-state index in [-0.39, 0.29) is 16.7 Å². The predicted octanol–water partition coefficient (Wildman–Crippen LogP) is 3.12. The van der Waals surface area contributed by atoms with E-state index in [2.05, 4.69) is 4.72 Å². The van der Waals surface area contributed by atoms with Crippen molar-refractivity contribution < 1.29 is 13.2 Å². The summed E-state index contributed by atoms with van der Waals surface area (Å²) < 4.78 is 27.5. The average molecular weight is 385 g/mol. The molecule has 1 saturated heterocycles. The van der Waals surface area contributed by atoms with E-state index in [0.717, 1.165) is 37.3 Å². The van der Waals surface area contributed by atoms with Gasteiger partial charge >= 0.3 is 0 Å². The van der Waals surface area contributed by atoms with E-state index in [1.54, 1.807) is 34.5 Å². The molecule has 1 N–H and O–H groups in total. The first-order valence-corrected chi connectivity index (χ1v) is 10.3. The van der Waals surface area contributed by atoms with Gasteiger partial charge in [0, 0.05) is 30.0 Å². The van der Waals surface area contributed by atoms with Crippen LogP contribution in [0.1, 0.15) is 28.8 Å². The van der Waals surface area contributed by atoms with Gasteiger partial charge in [-0.2, -0.15) is 0 Å². The van der Waals surface area contributed by atoms with Crippen molar-refractivity contribution in [1.82, 2.24) is 9.62 Å². The minimum absolute atomic E-state index is 0.101. The monoisotopic (exact) mass is 384 g/mol. The van der Waals surface area contributed by atoms with Crippen molar-refractivity contribution in [2.45, 2.75) is 23.6 Å². The number of nitrogens with zero attached hydrogens (tertiary/aromatic N) is 1. The Bertz CT molecular complexity index is 843. The number of carbonyl (C=O) groups is 1. The normalized spacial score (nSPS) is 15.0. The Hall–Kier alpha value is -1.41. The molecule has 1 aliphatic rings. The van der Waals surface area contributed by atoms with E-state index in [4.69, 9.17) is 11.6 Å². The molecule has 0 bridgehead atoms. The number of nitrogens with one attached hydrogen (secondary N) is 1. The minimum atomic E-state index is -3.67. The molecule has 0 atom stereocenters. The largest absolute Gasteiger partial charge is 0.339 e. The Labute approximate surface area is 150 Å². The van der Waals surface area contributed by atoms with Gasteiger partial charge < -0.3 is 4.90 Å². The molecular formula is C16H17ClN2O3S2. The first-order valence-electron chi connectivity index (χ1n) is 7.58. The van der Waals surface area contributed by atoms with Crippen molar-refractivity contribution in [1.29, 1.82) is 0 Å². The van der Waals surface area contributed by atoms with Crippen LogP contribution >= 0.6 is 22.9 Å². The van der Waals surface area contributed by atoms with E-state index in [9.17, 15) is 13.2 Å². The number of sulfonamides is 1. The zero-order chi connectivity index (χ0) is 17.2. The van der Waals surface area contributed by atoms with E-state index in [0.29, 0.717) is 16.1 Å². The molecule has 0 radical (unpaired) electrons. The number of rotatable bonds is 5. The molecule has 1 fully saturated rings. The molecule has 0 spiro atoms. The predicted molar refractivity (Wildman–Crippen MR) is 94.9 cm³/mol. The van der Waals surface area contributed by atoms with Crippen LogP contribution in [-0.4, -0.2) is 32.3 Å². The van der Waals surface area contributed by atoms with Crippen molar-refractivity contribution in [2.75, 3.05) is 13.1 Å². The van der Waals surface area contributed by atoms with Gasteiger partial charge in [0.1, 0.15) is 4.21 Å². The molecule has 0 unspecified atom stereocenters. The number of amides is 1. The molecule has 0 aliphatic carbocycles. The maximum absolute atomic E-state index is 12.4. The fraction of sp³-hybridized carbons (Fsp3) is 0.312.